The van der Waals surface area contributed by atoms with Crippen LogP contribution in [0.3, 0.4) is 0 Å². The molecule has 0 fully saturated rings. The van der Waals surface area contributed by atoms with E-state index in [0.29, 0.717) is 28.2 Å². The standard InChI is InChI=1S/C18H18N2O6.C2H6/c1-23-11-6-5-10-14(19-20-15(10)17(11)22)16(21)9-7-12(24-2)18(26-4)13(8-9)25-3;1-2/h5-8,22H,1-4H3,(H,19,20);1-2H3. The Labute approximate surface area is 163 Å². The van der Waals surface area contributed by atoms with E-state index in [4.69, 9.17) is 18.9 Å². The zero-order chi connectivity index (χ0) is 20.8. The average molecular weight is 388 g/mol. The molecule has 1 aromatic heterocycles. The van der Waals surface area contributed by atoms with Crippen molar-refractivity contribution in [2.75, 3.05) is 28.4 Å². The van der Waals surface area contributed by atoms with Gasteiger partial charge in [0.15, 0.2) is 23.0 Å². The van der Waals surface area contributed by atoms with Gasteiger partial charge in [0.05, 0.1) is 28.4 Å². The van der Waals surface area contributed by atoms with Crippen molar-refractivity contribution in [3.05, 3.63) is 35.5 Å². The summed E-state index contributed by atoms with van der Waals surface area (Å²) in [6.45, 7) is 4.00. The largest absolute Gasteiger partial charge is 0.503 e. The molecule has 0 radical (unpaired) electrons. The van der Waals surface area contributed by atoms with Crippen molar-refractivity contribution in [3.63, 3.8) is 0 Å². The van der Waals surface area contributed by atoms with Crippen LogP contribution in [0.1, 0.15) is 29.9 Å². The summed E-state index contributed by atoms with van der Waals surface area (Å²) in [5.74, 6) is 0.924. The van der Waals surface area contributed by atoms with Gasteiger partial charge in [0.25, 0.3) is 0 Å². The van der Waals surface area contributed by atoms with Crippen molar-refractivity contribution < 1.29 is 28.8 Å². The van der Waals surface area contributed by atoms with Gasteiger partial charge in [-0.05, 0) is 24.3 Å². The molecule has 3 aromatic rings. The number of phenolic OH excluding ortho intramolecular Hbond substituents is 1. The molecule has 28 heavy (non-hydrogen) atoms. The van der Waals surface area contributed by atoms with E-state index in [0.717, 1.165) is 0 Å². The molecule has 2 N–H and O–H groups in total. The summed E-state index contributed by atoms with van der Waals surface area (Å²) in [6, 6.07) is 6.33. The molecule has 0 aliphatic heterocycles. The molecule has 150 valence electrons. The number of aromatic hydroxyl groups is 1. The van der Waals surface area contributed by atoms with Crippen LogP contribution in [0.25, 0.3) is 10.9 Å². The lowest BCUT2D eigenvalue weighted by Gasteiger charge is -2.13. The van der Waals surface area contributed by atoms with Crippen LogP contribution in [0.4, 0.5) is 0 Å². The Morgan fingerprint density at radius 2 is 1.50 bits per heavy atom. The molecule has 0 atom stereocenters. The van der Waals surface area contributed by atoms with Crippen LogP contribution in [0.15, 0.2) is 24.3 Å². The number of aromatic amines is 1. The molecule has 0 spiro atoms. The number of ketones is 1. The van der Waals surface area contributed by atoms with Gasteiger partial charge >= 0.3 is 0 Å². The van der Waals surface area contributed by atoms with Crippen molar-refractivity contribution in [3.8, 4) is 28.7 Å². The predicted molar refractivity (Wildman–Crippen MR) is 105 cm³/mol. The highest BCUT2D eigenvalue weighted by Gasteiger charge is 2.22. The van der Waals surface area contributed by atoms with Gasteiger partial charge in [0.1, 0.15) is 11.2 Å². The number of carbonyl (C=O) groups is 1. The number of nitrogens with one attached hydrogen (secondary N) is 1. The lowest BCUT2D eigenvalue weighted by atomic mass is 10.0. The highest BCUT2D eigenvalue weighted by atomic mass is 16.5. The first-order valence-corrected chi connectivity index (χ1v) is 8.64. The number of rotatable bonds is 6. The number of carbonyl (C=O) groups excluding carboxylic acids is 1. The molecule has 0 unspecified atom stereocenters. The minimum atomic E-state index is -0.337. The summed E-state index contributed by atoms with van der Waals surface area (Å²) in [6.07, 6.45) is 0. The van der Waals surface area contributed by atoms with Crippen LogP contribution < -0.4 is 18.9 Å². The van der Waals surface area contributed by atoms with Crippen molar-refractivity contribution in [2.45, 2.75) is 13.8 Å². The van der Waals surface area contributed by atoms with Crippen molar-refractivity contribution in [1.29, 1.82) is 0 Å². The van der Waals surface area contributed by atoms with E-state index in [-0.39, 0.29) is 28.5 Å². The second-order valence-corrected chi connectivity index (χ2v) is 5.35. The van der Waals surface area contributed by atoms with Gasteiger partial charge in [-0.3, -0.25) is 9.89 Å². The molecule has 8 heteroatoms. The number of ether oxygens (including phenoxy) is 4. The maximum absolute atomic E-state index is 13.0. The lowest BCUT2D eigenvalue weighted by Crippen LogP contribution is -2.05. The molecule has 2 aromatic carbocycles. The summed E-state index contributed by atoms with van der Waals surface area (Å²) < 4.78 is 20.9. The number of methoxy groups -OCH3 is 4. The minimum absolute atomic E-state index is 0.134. The molecule has 0 saturated carbocycles. The Balaban J connectivity index is 0.00000136. The van der Waals surface area contributed by atoms with Crippen molar-refractivity contribution in [2.24, 2.45) is 0 Å². The van der Waals surface area contributed by atoms with Crippen LogP contribution in [-0.4, -0.2) is 49.5 Å². The Morgan fingerprint density at radius 3 is 2.00 bits per heavy atom. The molecule has 0 amide bonds. The van der Waals surface area contributed by atoms with E-state index >= 15 is 0 Å². The summed E-state index contributed by atoms with van der Waals surface area (Å²) in [7, 11) is 5.87. The first kappa shape index (κ1) is 20.9. The summed E-state index contributed by atoms with van der Waals surface area (Å²) in [4.78, 5) is 13.0. The van der Waals surface area contributed by atoms with Crippen LogP contribution in [-0.2, 0) is 0 Å². The monoisotopic (exact) mass is 388 g/mol. The molecule has 0 bridgehead atoms. The predicted octanol–water partition coefficient (Wildman–Crippen LogP) is 3.56. The van der Waals surface area contributed by atoms with Crippen LogP contribution >= 0.6 is 0 Å². The lowest BCUT2D eigenvalue weighted by molar-refractivity contribution is 0.103. The number of phenols is 1. The van der Waals surface area contributed by atoms with E-state index in [1.54, 1.807) is 24.3 Å². The smallest absolute Gasteiger partial charge is 0.211 e. The Morgan fingerprint density at radius 1 is 0.929 bits per heavy atom. The van der Waals surface area contributed by atoms with Gasteiger partial charge < -0.3 is 24.1 Å². The number of nitrogens with zero attached hydrogens (tertiary/aromatic N) is 1. The Hall–Kier alpha value is -3.42. The number of hydrogen-bond donors (Lipinski definition) is 2. The maximum Gasteiger partial charge on any atom is 0.211 e. The third-order valence-electron chi connectivity index (χ3n) is 4.04. The minimum Gasteiger partial charge on any atom is -0.503 e. The van der Waals surface area contributed by atoms with Gasteiger partial charge in [-0.1, -0.05) is 13.8 Å². The fourth-order valence-electron chi connectivity index (χ4n) is 2.74. The molecule has 0 aliphatic carbocycles. The zero-order valence-electron chi connectivity index (χ0n) is 16.7. The molecular weight excluding hydrogens is 364 g/mol. The molecule has 3 rings (SSSR count). The topological polar surface area (TPSA) is 103 Å². The highest BCUT2D eigenvalue weighted by Crippen LogP contribution is 2.39. The average Bonchev–Trinajstić information content (AvgIpc) is 3.18. The Bertz CT molecular complexity index is 955. The first-order chi connectivity index (χ1) is 13.5. The van der Waals surface area contributed by atoms with Gasteiger partial charge in [0, 0.05) is 10.9 Å². The Kier molecular flexibility index (Phi) is 6.70. The number of hydrogen-bond acceptors (Lipinski definition) is 7. The van der Waals surface area contributed by atoms with Gasteiger partial charge in [-0.25, -0.2) is 0 Å². The van der Waals surface area contributed by atoms with Crippen LogP contribution in [0.5, 0.6) is 28.7 Å². The van der Waals surface area contributed by atoms with Crippen molar-refractivity contribution >= 4 is 16.7 Å². The van der Waals surface area contributed by atoms with Crippen LogP contribution in [0.2, 0.25) is 0 Å². The van der Waals surface area contributed by atoms with E-state index in [2.05, 4.69) is 10.2 Å². The van der Waals surface area contributed by atoms with E-state index in [9.17, 15) is 9.90 Å². The zero-order valence-corrected chi connectivity index (χ0v) is 16.7. The number of fused-ring (bicyclic) bond motifs is 1. The number of H-pyrrole nitrogens is 1. The molecule has 0 saturated heterocycles. The number of benzene rings is 2. The third kappa shape index (κ3) is 3.53. The molecule has 8 nitrogen and oxygen atoms in total. The van der Waals surface area contributed by atoms with Gasteiger partial charge in [-0.15, -0.1) is 0 Å². The fraction of sp³-hybridized carbons (Fsp3) is 0.300. The summed E-state index contributed by atoms with van der Waals surface area (Å²) in [5.41, 5.74) is 0.799. The molecular formula is C20H24N2O6. The van der Waals surface area contributed by atoms with Gasteiger partial charge in [0.2, 0.25) is 11.5 Å². The van der Waals surface area contributed by atoms with Gasteiger partial charge in [-0.2, -0.15) is 5.10 Å². The first-order valence-electron chi connectivity index (χ1n) is 8.64. The number of aromatic nitrogens is 2. The second kappa shape index (κ2) is 8.98. The SMILES string of the molecule is CC.COc1cc(C(=O)c2[nH]nc3c(O)c(OC)ccc23)cc(OC)c1OC. The third-order valence-corrected chi connectivity index (χ3v) is 4.04. The van der Waals surface area contributed by atoms with E-state index < -0.39 is 0 Å². The molecule has 0 aliphatic rings. The van der Waals surface area contributed by atoms with Crippen LogP contribution in [0, 0.1) is 0 Å². The quantitative estimate of drug-likeness (QED) is 0.622. The second-order valence-electron chi connectivity index (χ2n) is 5.35. The van der Waals surface area contributed by atoms with E-state index in [1.165, 1.54) is 28.4 Å². The maximum atomic E-state index is 13.0. The van der Waals surface area contributed by atoms with Crippen molar-refractivity contribution in [1.82, 2.24) is 10.2 Å². The molecule has 1 heterocycles. The fourth-order valence-corrected chi connectivity index (χ4v) is 2.74. The van der Waals surface area contributed by atoms with E-state index in [1.807, 2.05) is 13.8 Å². The normalized spacial score (nSPS) is 10.1. The highest BCUT2D eigenvalue weighted by molar-refractivity contribution is 6.16. The summed E-state index contributed by atoms with van der Waals surface area (Å²) >= 11 is 0. The summed E-state index contributed by atoms with van der Waals surface area (Å²) in [5, 5.41) is 17.4.